The highest BCUT2D eigenvalue weighted by Gasteiger charge is 2.26. The number of hydrogen-bond acceptors (Lipinski definition) is 4. The molecule has 0 saturated heterocycles. The first-order valence-electron chi connectivity index (χ1n) is 12.3. The zero-order valence-electron chi connectivity index (χ0n) is 21.2. The van der Waals surface area contributed by atoms with Crippen LogP contribution < -0.4 is 10.1 Å². The molecule has 0 aliphatic rings. The van der Waals surface area contributed by atoms with E-state index in [-0.39, 0.29) is 32.0 Å². The monoisotopic (exact) mass is 524 g/mol. The van der Waals surface area contributed by atoms with Crippen LogP contribution in [0, 0.1) is 6.92 Å². The summed E-state index contributed by atoms with van der Waals surface area (Å²) in [6, 6.07) is 13.9. The number of amides is 2. The molecule has 0 heterocycles. The molecule has 0 fully saturated rings. The third-order valence-corrected chi connectivity index (χ3v) is 5.56. The van der Waals surface area contributed by atoms with Crippen molar-refractivity contribution in [3.8, 4) is 5.75 Å². The number of hydrogen-bond donors (Lipinski definition) is 2. The van der Waals surface area contributed by atoms with E-state index < -0.39 is 24.7 Å². The van der Waals surface area contributed by atoms with E-state index in [0.29, 0.717) is 37.4 Å². The summed E-state index contributed by atoms with van der Waals surface area (Å²) in [5.41, 5.74) is 2.40. The first-order valence-corrected chi connectivity index (χ1v) is 12.3. The molecule has 2 aromatic carbocycles. The molecular formula is C27H35F3N2O5. The molecule has 0 aliphatic heterocycles. The van der Waals surface area contributed by atoms with Crippen LogP contribution in [0.4, 0.5) is 23.7 Å². The van der Waals surface area contributed by atoms with Gasteiger partial charge in [0.2, 0.25) is 0 Å². The highest BCUT2D eigenvalue weighted by atomic mass is 19.4. The van der Waals surface area contributed by atoms with Crippen LogP contribution in [0.15, 0.2) is 48.5 Å². The number of alkyl halides is 3. The van der Waals surface area contributed by atoms with Gasteiger partial charge in [0.05, 0.1) is 6.54 Å². The minimum Gasteiger partial charge on any atom is -0.492 e. The Kier molecular flexibility index (Phi) is 12.2. The van der Waals surface area contributed by atoms with Crippen LogP contribution in [0.2, 0.25) is 0 Å². The zero-order valence-corrected chi connectivity index (χ0v) is 21.2. The summed E-state index contributed by atoms with van der Waals surface area (Å²) in [6.45, 7) is 4.66. The van der Waals surface area contributed by atoms with E-state index in [2.05, 4.69) is 5.32 Å². The summed E-state index contributed by atoms with van der Waals surface area (Å²) in [5, 5.41) is 12.1. The smallest absolute Gasteiger partial charge is 0.389 e. The van der Waals surface area contributed by atoms with Crippen LogP contribution in [0.25, 0.3) is 0 Å². The number of halogens is 3. The molecule has 1 atom stereocenters. The molecule has 0 aliphatic carbocycles. The van der Waals surface area contributed by atoms with Crippen molar-refractivity contribution in [3.63, 3.8) is 0 Å². The van der Waals surface area contributed by atoms with Gasteiger partial charge in [0.25, 0.3) is 0 Å². The minimum absolute atomic E-state index is 0.0196. The standard InChI is InChI=1S/C27H35F3N2O5/c1-3-36-24(25(33)34)19-21-10-12-23(13-11-21)37-17-16-32(15-6-4-5-14-27(28,29)30)26(35)31-22-9-7-8-20(2)18-22/h7-13,18,24H,3-6,14-17,19H2,1-2H3,(H,31,35)(H,33,34). The lowest BCUT2D eigenvalue weighted by molar-refractivity contribution is -0.150. The summed E-state index contributed by atoms with van der Waals surface area (Å²) in [4.78, 5) is 25.7. The van der Waals surface area contributed by atoms with Crippen molar-refractivity contribution in [1.29, 1.82) is 0 Å². The number of benzene rings is 2. The maximum absolute atomic E-state index is 12.9. The molecule has 0 bridgehead atoms. The Balaban J connectivity index is 1.91. The second-order valence-corrected chi connectivity index (χ2v) is 8.69. The van der Waals surface area contributed by atoms with Crippen LogP contribution in [-0.2, 0) is 16.0 Å². The number of unbranched alkanes of at least 4 members (excludes halogenated alkanes) is 2. The first kappa shape index (κ1) is 30.0. The number of nitrogens with one attached hydrogen (secondary N) is 1. The third-order valence-electron chi connectivity index (χ3n) is 5.56. The van der Waals surface area contributed by atoms with Crippen molar-refractivity contribution in [2.45, 2.75) is 58.2 Å². The minimum atomic E-state index is -4.18. The Labute approximate surface area is 215 Å². The predicted molar refractivity (Wildman–Crippen MR) is 135 cm³/mol. The molecule has 2 amide bonds. The molecule has 7 nitrogen and oxygen atoms in total. The van der Waals surface area contributed by atoms with Gasteiger partial charge in [-0.25, -0.2) is 9.59 Å². The normalized spacial score (nSPS) is 12.1. The molecule has 2 rings (SSSR count). The number of urea groups is 1. The summed E-state index contributed by atoms with van der Waals surface area (Å²) in [6.07, 6.45) is -4.89. The van der Waals surface area contributed by atoms with E-state index >= 15 is 0 Å². The van der Waals surface area contributed by atoms with Gasteiger partial charge in [-0.2, -0.15) is 13.2 Å². The Morgan fingerprint density at radius 2 is 1.78 bits per heavy atom. The van der Waals surface area contributed by atoms with E-state index in [4.69, 9.17) is 9.47 Å². The van der Waals surface area contributed by atoms with Gasteiger partial charge in [-0.3, -0.25) is 0 Å². The van der Waals surface area contributed by atoms with E-state index in [0.717, 1.165) is 11.1 Å². The molecule has 0 spiro atoms. The highest BCUT2D eigenvalue weighted by molar-refractivity contribution is 5.89. The van der Waals surface area contributed by atoms with Crippen LogP contribution >= 0.6 is 0 Å². The predicted octanol–water partition coefficient (Wildman–Crippen LogP) is 6.06. The van der Waals surface area contributed by atoms with E-state index in [9.17, 15) is 27.9 Å². The average molecular weight is 525 g/mol. The Morgan fingerprint density at radius 1 is 1.05 bits per heavy atom. The van der Waals surface area contributed by atoms with E-state index in [1.165, 1.54) is 4.90 Å². The second-order valence-electron chi connectivity index (χ2n) is 8.69. The van der Waals surface area contributed by atoms with Crippen molar-refractivity contribution in [1.82, 2.24) is 4.90 Å². The topological polar surface area (TPSA) is 88.1 Å². The van der Waals surface area contributed by atoms with Crippen molar-refractivity contribution < 1.29 is 37.3 Å². The fourth-order valence-electron chi connectivity index (χ4n) is 3.67. The van der Waals surface area contributed by atoms with Crippen molar-refractivity contribution in [2.24, 2.45) is 0 Å². The molecule has 0 saturated carbocycles. The molecule has 0 radical (unpaired) electrons. The zero-order chi connectivity index (χ0) is 27.3. The van der Waals surface area contributed by atoms with Gasteiger partial charge in [-0.05, 0) is 62.1 Å². The fraction of sp³-hybridized carbons (Fsp3) is 0.481. The summed E-state index contributed by atoms with van der Waals surface area (Å²) < 4.78 is 48.2. The molecular weight excluding hydrogens is 489 g/mol. The third kappa shape index (κ3) is 12.0. The van der Waals surface area contributed by atoms with Gasteiger partial charge >= 0.3 is 18.2 Å². The van der Waals surface area contributed by atoms with Crippen LogP contribution in [0.5, 0.6) is 5.75 Å². The van der Waals surface area contributed by atoms with Gasteiger partial charge in [-0.1, -0.05) is 30.7 Å². The van der Waals surface area contributed by atoms with Crippen molar-refractivity contribution in [3.05, 3.63) is 59.7 Å². The summed E-state index contributed by atoms with van der Waals surface area (Å²) in [7, 11) is 0. The maximum atomic E-state index is 12.9. The lowest BCUT2D eigenvalue weighted by Gasteiger charge is -2.23. The Morgan fingerprint density at radius 3 is 2.41 bits per heavy atom. The number of nitrogens with zero attached hydrogens (tertiary/aromatic N) is 1. The number of aliphatic carboxylic acids is 1. The highest BCUT2D eigenvalue weighted by Crippen LogP contribution is 2.23. The van der Waals surface area contributed by atoms with E-state index in [1.54, 1.807) is 37.3 Å². The number of ether oxygens (including phenoxy) is 2. The molecule has 10 heteroatoms. The van der Waals surface area contributed by atoms with Gasteiger partial charge in [-0.15, -0.1) is 0 Å². The van der Waals surface area contributed by atoms with E-state index in [1.807, 2.05) is 25.1 Å². The fourth-order valence-corrected chi connectivity index (χ4v) is 3.67. The van der Waals surface area contributed by atoms with Gasteiger partial charge < -0.3 is 24.8 Å². The van der Waals surface area contributed by atoms with Gasteiger partial charge in [0, 0.05) is 31.7 Å². The van der Waals surface area contributed by atoms with Crippen LogP contribution in [-0.4, -0.2) is 60.6 Å². The number of carboxylic acids is 1. The number of carboxylic acid groups (broad SMARTS) is 1. The van der Waals surface area contributed by atoms with Gasteiger partial charge in [0.15, 0.2) is 6.10 Å². The molecule has 2 aromatic rings. The first-order chi connectivity index (χ1) is 17.6. The number of carbonyl (C=O) groups is 2. The largest absolute Gasteiger partial charge is 0.492 e. The molecule has 204 valence electrons. The Bertz CT molecular complexity index is 983. The lowest BCUT2D eigenvalue weighted by atomic mass is 10.1. The van der Waals surface area contributed by atoms with Crippen LogP contribution in [0.3, 0.4) is 0 Å². The number of aryl methyl sites for hydroxylation is 1. The Hall–Kier alpha value is -3.27. The van der Waals surface area contributed by atoms with Crippen molar-refractivity contribution >= 4 is 17.7 Å². The lowest BCUT2D eigenvalue weighted by Crippen LogP contribution is -2.38. The van der Waals surface area contributed by atoms with Gasteiger partial charge in [0.1, 0.15) is 12.4 Å². The summed E-state index contributed by atoms with van der Waals surface area (Å²) >= 11 is 0. The quantitative estimate of drug-likeness (QED) is 0.277. The average Bonchev–Trinajstić information content (AvgIpc) is 2.82. The number of anilines is 1. The molecule has 0 aromatic heterocycles. The number of carbonyl (C=O) groups excluding carboxylic acids is 1. The second kappa shape index (κ2) is 15.1. The summed E-state index contributed by atoms with van der Waals surface area (Å²) in [5.74, 6) is -0.471. The molecule has 2 N–H and O–H groups in total. The maximum Gasteiger partial charge on any atom is 0.389 e. The molecule has 1 unspecified atom stereocenters. The SMILES string of the molecule is CCOC(Cc1ccc(OCCN(CCCCCC(F)(F)F)C(=O)Nc2cccc(C)c2)cc1)C(=O)O. The van der Waals surface area contributed by atoms with Crippen molar-refractivity contribution in [2.75, 3.05) is 31.6 Å². The van der Waals surface area contributed by atoms with Crippen LogP contribution in [0.1, 0.15) is 43.7 Å². The number of rotatable bonds is 15. The molecule has 37 heavy (non-hydrogen) atoms.